The molecule has 10 heteroatoms. The molecule has 0 fully saturated rings. The lowest BCUT2D eigenvalue weighted by atomic mass is 10.0. The lowest BCUT2D eigenvalue weighted by Gasteiger charge is -2.18. The third-order valence-electron chi connectivity index (χ3n) is 4.10. The highest BCUT2D eigenvalue weighted by atomic mass is 32.2. The number of nitro benzene ring substituents is 1. The SMILES string of the molecule is COc1ccc(C[C@@H](COS(=O)(=O)c2ccc(C)cc2)NC(C)=O)c([N+](=O)[O-])c1. The van der Waals surface area contributed by atoms with Gasteiger partial charge in [-0.15, -0.1) is 0 Å². The summed E-state index contributed by atoms with van der Waals surface area (Å²) in [7, 11) is -2.65. The number of methoxy groups -OCH3 is 1. The Morgan fingerprint density at radius 3 is 2.41 bits per heavy atom. The van der Waals surface area contributed by atoms with E-state index in [9.17, 15) is 23.3 Å². The molecule has 2 aromatic rings. The zero-order valence-electron chi connectivity index (χ0n) is 16.2. The zero-order chi connectivity index (χ0) is 21.6. The first kappa shape index (κ1) is 22.3. The lowest BCUT2D eigenvalue weighted by Crippen LogP contribution is -2.39. The standard InChI is InChI=1S/C19H22N2O7S/c1-13-4-8-18(9-5-13)29(25,26)28-12-16(20-14(2)22)10-15-6-7-17(27-3)11-19(15)21(23)24/h4-9,11,16H,10,12H2,1-3H3,(H,20,22)/t16-/m0/s1. The topological polar surface area (TPSA) is 125 Å². The maximum absolute atomic E-state index is 12.4. The van der Waals surface area contributed by atoms with E-state index in [1.54, 1.807) is 18.2 Å². The van der Waals surface area contributed by atoms with Crippen LogP contribution in [-0.2, 0) is 25.5 Å². The van der Waals surface area contributed by atoms with Gasteiger partial charge in [-0.25, -0.2) is 0 Å². The number of rotatable bonds is 9. The monoisotopic (exact) mass is 422 g/mol. The molecular weight excluding hydrogens is 400 g/mol. The molecule has 9 nitrogen and oxygen atoms in total. The molecule has 0 heterocycles. The first-order valence-electron chi connectivity index (χ1n) is 8.67. The predicted molar refractivity (Wildman–Crippen MR) is 105 cm³/mol. The molecule has 0 unspecified atom stereocenters. The van der Waals surface area contributed by atoms with Gasteiger partial charge in [0.1, 0.15) is 5.75 Å². The van der Waals surface area contributed by atoms with Gasteiger partial charge in [0, 0.05) is 18.9 Å². The van der Waals surface area contributed by atoms with Gasteiger partial charge in [-0.1, -0.05) is 17.7 Å². The number of hydrogen-bond acceptors (Lipinski definition) is 7. The van der Waals surface area contributed by atoms with E-state index in [2.05, 4.69) is 5.32 Å². The van der Waals surface area contributed by atoms with Crippen LogP contribution in [0.15, 0.2) is 47.4 Å². The molecule has 0 aliphatic heterocycles. The molecular formula is C19H22N2O7S. The number of nitrogens with zero attached hydrogens (tertiary/aromatic N) is 1. The molecule has 0 spiro atoms. The summed E-state index contributed by atoms with van der Waals surface area (Å²) in [5, 5.41) is 13.9. The van der Waals surface area contributed by atoms with Gasteiger partial charge in [0.15, 0.2) is 0 Å². The summed E-state index contributed by atoms with van der Waals surface area (Å²) in [6.45, 7) is 2.72. The summed E-state index contributed by atoms with van der Waals surface area (Å²) in [4.78, 5) is 22.3. The van der Waals surface area contributed by atoms with Crippen molar-refractivity contribution in [2.45, 2.75) is 31.2 Å². The molecule has 0 bridgehead atoms. The van der Waals surface area contributed by atoms with Crippen LogP contribution in [0.25, 0.3) is 0 Å². The minimum Gasteiger partial charge on any atom is -0.497 e. The summed E-state index contributed by atoms with van der Waals surface area (Å²) in [5.41, 5.74) is 1.01. The van der Waals surface area contributed by atoms with Crippen molar-refractivity contribution in [3.8, 4) is 5.75 Å². The second kappa shape index (κ2) is 9.48. The number of ether oxygens (including phenoxy) is 1. The molecule has 0 radical (unpaired) electrons. The van der Waals surface area contributed by atoms with E-state index >= 15 is 0 Å². The maximum atomic E-state index is 12.4. The molecule has 0 saturated heterocycles. The van der Waals surface area contributed by atoms with E-state index in [1.807, 2.05) is 6.92 Å². The molecule has 29 heavy (non-hydrogen) atoms. The Hall–Kier alpha value is -2.98. The summed E-state index contributed by atoms with van der Waals surface area (Å²) in [5.74, 6) is -0.0998. The molecule has 0 aliphatic carbocycles. The molecule has 0 aliphatic rings. The van der Waals surface area contributed by atoms with Crippen LogP contribution in [0, 0.1) is 17.0 Å². The lowest BCUT2D eigenvalue weighted by molar-refractivity contribution is -0.385. The summed E-state index contributed by atoms with van der Waals surface area (Å²) < 4.78 is 34.9. The number of aryl methyl sites for hydroxylation is 1. The molecule has 156 valence electrons. The third kappa shape index (κ3) is 6.26. The van der Waals surface area contributed by atoms with Crippen molar-refractivity contribution in [2.24, 2.45) is 0 Å². The second-order valence-electron chi connectivity index (χ2n) is 6.41. The van der Waals surface area contributed by atoms with Gasteiger partial charge in [0.25, 0.3) is 15.8 Å². The first-order valence-corrected chi connectivity index (χ1v) is 10.1. The Bertz CT molecular complexity index is 988. The number of carbonyl (C=O) groups is 1. The minimum atomic E-state index is -4.04. The van der Waals surface area contributed by atoms with Crippen LogP contribution in [-0.4, -0.2) is 39.0 Å². The average Bonchev–Trinajstić information content (AvgIpc) is 2.66. The van der Waals surface area contributed by atoms with E-state index in [0.717, 1.165) is 5.56 Å². The number of benzene rings is 2. The van der Waals surface area contributed by atoms with E-state index in [0.29, 0.717) is 11.3 Å². The molecule has 2 rings (SSSR count). The van der Waals surface area contributed by atoms with Crippen molar-refractivity contribution in [1.29, 1.82) is 0 Å². The Labute approximate surface area is 168 Å². The Kier molecular flexibility index (Phi) is 7.29. The Morgan fingerprint density at radius 2 is 1.86 bits per heavy atom. The summed E-state index contributed by atoms with van der Waals surface area (Å²) in [6.07, 6.45) is 0.00328. The minimum absolute atomic E-state index is 0.00328. The van der Waals surface area contributed by atoms with Crippen molar-refractivity contribution in [1.82, 2.24) is 5.32 Å². The summed E-state index contributed by atoms with van der Waals surface area (Å²) >= 11 is 0. The van der Waals surface area contributed by atoms with Crippen molar-refractivity contribution in [3.63, 3.8) is 0 Å². The Morgan fingerprint density at radius 1 is 1.21 bits per heavy atom. The maximum Gasteiger partial charge on any atom is 0.297 e. The van der Waals surface area contributed by atoms with Gasteiger partial charge in [0.2, 0.25) is 5.91 Å². The zero-order valence-corrected chi connectivity index (χ0v) is 17.1. The van der Waals surface area contributed by atoms with Gasteiger partial charge >= 0.3 is 0 Å². The largest absolute Gasteiger partial charge is 0.497 e. The first-order chi connectivity index (χ1) is 13.6. The quantitative estimate of drug-likeness (QED) is 0.374. The van der Waals surface area contributed by atoms with Crippen LogP contribution in [0.3, 0.4) is 0 Å². The molecule has 0 saturated carbocycles. The van der Waals surface area contributed by atoms with Crippen LogP contribution in [0.1, 0.15) is 18.1 Å². The van der Waals surface area contributed by atoms with Gasteiger partial charge in [-0.3, -0.25) is 19.1 Å². The predicted octanol–water partition coefficient (Wildman–Crippen LogP) is 2.36. The average molecular weight is 422 g/mol. The number of amides is 1. The number of carbonyl (C=O) groups excluding carboxylic acids is 1. The van der Waals surface area contributed by atoms with Crippen molar-refractivity contribution >= 4 is 21.7 Å². The fraction of sp³-hybridized carbons (Fsp3) is 0.316. The van der Waals surface area contributed by atoms with E-state index in [-0.39, 0.29) is 23.6 Å². The highest BCUT2D eigenvalue weighted by molar-refractivity contribution is 7.86. The fourth-order valence-corrected chi connectivity index (χ4v) is 3.61. The van der Waals surface area contributed by atoms with Crippen LogP contribution in [0.2, 0.25) is 0 Å². The molecule has 1 amide bonds. The number of hydrogen-bond donors (Lipinski definition) is 1. The van der Waals surface area contributed by atoms with E-state index < -0.39 is 27.0 Å². The van der Waals surface area contributed by atoms with Gasteiger partial charge in [-0.05, 0) is 31.2 Å². The third-order valence-corrected chi connectivity index (χ3v) is 5.39. The highest BCUT2D eigenvalue weighted by Crippen LogP contribution is 2.26. The molecule has 2 aromatic carbocycles. The van der Waals surface area contributed by atoms with Crippen LogP contribution >= 0.6 is 0 Å². The second-order valence-corrected chi connectivity index (χ2v) is 8.02. The molecule has 1 atom stereocenters. The van der Waals surface area contributed by atoms with E-state index in [1.165, 1.54) is 38.3 Å². The van der Waals surface area contributed by atoms with Gasteiger partial charge < -0.3 is 10.1 Å². The highest BCUT2D eigenvalue weighted by Gasteiger charge is 2.23. The van der Waals surface area contributed by atoms with Crippen LogP contribution in [0.4, 0.5) is 5.69 Å². The normalized spacial score (nSPS) is 12.2. The number of nitrogens with one attached hydrogen (secondary N) is 1. The van der Waals surface area contributed by atoms with Gasteiger partial charge in [-0.2, -0.15) is 8.42 Å². The Balaban J connectivity index is 2.21. The molecule has 0 aromatic heterocycles. The summed E-state index contributed by atoms with van der Waals surface area (Å²) in [6, 6.07) is 9.66. The van der Waals surface area contributed by atoms with Crippen molar-refractivity contribution in [2.75, 3.05) is 13.7 Å². The number of nitro groups is 1. The smallest absolute Gasteiger partial charge is 0.297 e. The van der Waals surface area contributed by atoms with Crippen molar-refractivity contribution in [3.05, 3.63) is 63.7 Å². The fourth-order valence-electron chi connectivity index (χ4n) is 2.66. The molecule has 1 N–H and O–H groups in total. The van der Waals surface area contributed by atoms with Crippen LogP contribution in [0.5, 0.6) is 5.75 Å². The van der Waals surface area contributed by atoms with E-state index in [4.69, 9.17) is 8.92 Å². The van der Waals surface area contributed by atoms with Crippen molar-refractivity contribution < 1.29 is 27.1 Å². The van der Waals surface area contributed by atoms with Crippen LogP contribution < -0.4 is 10.1 Å². The van der Waals surface area contributed by atoms with Gasteiger partial charge in [0.05, 0.1) is 35.6 Å².